The summed E-state index contributed by atoms with van der Waals surface area (Å²) in [6.45, 7) is 7.69. The van der Waals surface area contributed by atoms with Gasteiger partial charge in [0.1, 0.15) is 17.6 Å². The number of ether oxygens (including phenoxy) is 2. The van der Waals surface area contributed by atoms with Crippen LogP contribution in [0.3, 0.4) is 0 Å². The summed E-state index contributed by atoms with van der Waals surface area (Å²) in [4.78, 5) is 13.9. The second kappa shape index (κ2) is 8.43. The molecule has 3 N–H and O–H groups in total. The molecule has 1 aromatic carbocycles. The number of benzene rings is 1. The molecule has 36 heavy (non-hydrogen) atoms. The Balaban J connectivity index is 1.61. The van der Waals surface area contributed by atoms with Crippen LogP contribution >= 0.6 is 0 Å². The van der Waals surface area contributed by atoms with E-state index in [1.54, 1.807) is 38.3 Å². The molecule has 5 rings (SSSR count). The van der Waals surface area contributed by atoms with Gasteiger partial charge in [0.05, 0.1) is 24.5 Å². The second-order valence-corrected chi connectivity index (χ2v) is 11.4. The number of fused-ring (bicyclic) bond motifs is 2. The maximum Gasteiger partial charge on any atom is 0.262 e. The third kappa shape index (κ3) is 3.45. The van der Waals surface area contributed by atoms with E-state index in [1.165, 1.54) is 6.08 Å². The molecule has 2 aromatic rings. The minimum Gasteiger partial charge on any atom is -0.497 e. The molecule has 0 radical (unpaired) electrons. The smallest absolute Gasteiger partial charge is 0.262 e. The lowest BCUT2D eigenvalue weighted by atomic mass is 9.59. The van der Waals surface area contributed by atoms with Crippen molar-refractivity contribution in [1.29, 1.82) is 0 Å². The fourth-order valence-electron chi connectivity index (χ4n) is 6.53. The third-order valence-electron chi connectivity index (χ3n) is 8.90. The van der Waals surface area contributed by atoms with Crippen LogP contribution in [0.4, 0.5) is 0 Å². The van der Waals surface area contributed by atoms with Crippen LogP contribution in [0.15, 0.2) is 46.0 Å². The normalized spacial score (nSPS) is 34.0. The largest absolute Gasteiger partial charge is 0.497 e. The molecule has 0 bridgehead atoms. The molecule has 0 unspecified atom stereocenters. The Labute approximate surface area is 210 Å². The van der Waals surface area contributed by atoms with Crippen LogP contribution < -0.4 is 9.47 Å². The van der Waals surface area contributed by atoms with Crippen molar-refractivity contribution in [2.75, 3.05) is 13.7 Å². The minimum atomic E-state index is -2.05. The van der Waals surface area contributed by atoms with Crippen molar-refractivity contribution < 1.29 is 34.1 Å². The second-order valence-electron chi connectivity index (χ2n) is 11.4. The van der Waals surface area contributed by atoms with Crippen LogP contribution in [0.2, 0.25) is 0 Å². The van der Waals surface area contributed by atoms with Gasteiger partial charge < -0.3 is 29.3 Å². The van der Waals surface area contributed by atoms with Gasteiger partial charge in [-0.25, -0.2) is 0 Å². The van der Waals surface area contributed by atoms with E-state index in [2.05, 4.69) is 19.0 Å². The van der Waals surface area contributed by atoms with Gasteiger partial charge in [0.15, 0.2) is 17.3 Å². The number of carbonyl (C=O) groups is 1. The summed E-state index contributed by atoms with van der Waals surface area (Å²) in [5.74, 6) is 0.653. The number of carbonyl (C=O) groups excluding carboxylic acids is 1. The molecule has 1 heterocycles. The van der Waals surface area contributed by atoms with Crippen molar-refractivity contribution in [3.05, 3.63) is 41.5 Å². The zero-order chi connectivity index (χ0) is 26.0. The van der Waals surface area contributed by atoms with Gasteiger partial charge in [0.25, 0.3) is 5.88 Å². The lowest BCUT2D eigenvalue weighted by Gasteiger charge is -2.48. The first-order valence-corrected chi connectivity index (χ1v) is 12.5. The number of aromatic nitrogens is 1. The van der Waals surface area contributed by atoms with Crippen molar-refractivity contribution in [2.45, 2.75) is 64.8 Å². The van der Waals surface area contributed by atoms with Gasteiger partial charge in [-0.05, 0) is 71.5 Å². The summed E-state index contributed by atoms with van der Waals surface area (Å²) in [7, 11) is 1.55. The van der Waals surface area contributed by atoms with Crippen LogP contribution in [0, 0.1) is 22.7 Å². The minimum absolute atomic E-state index is 0.00819. The maximum atomic E-state index is 13.9. The lowest BCUT2D eigenvalue weighted by Crippen LogP contribution is -2.66. The van der Waals surface area contributed by atoms with Crippen molar-refractivity contribution in [3.63, 3.8) is 0 Å². The summed E-state index contributed by atoms with van der Waals surface area (Å²) < 4.78 is 17.1. The molecular formula is C28H35NO7. The van der Waals surface area contributed by atoms with E-state index in [4.69, 9.17) is 14.0 Å². The third-order valence-corrected chi connectivity index (χ3v) is 8.90. The monoisotopic (exact) mass is 497 g/mol. The number of nitrogens with zero attached hydrogens (tertiary/aromatic N) is 1. The topological polar surface area (TPSA) is 122 Å². The lowest BCUT2D eigenvalue weighted by molar-refractivity contribution is -0.185. The Morgan fingerprint density at radius 1 is 1.31 bits per heavy atom. The van der Waals surface area contributed by atoms with Gasteiger partial charge in [-0.15, -0.1) is 0 Å². The van der Waals surface area contributed by atoms with Crippen molar-refractivity contribution in [2.24, 2.45) is 22.7 Å². The van der Waals surface area contributed by atoms with Gasteiger partial charge in [-0.1, -0.05) is 32.9 Å². The predicted molar refractivity (Wildman–Crippen MR) is 133 cm³/mol. The molecule has 1 aromatic heterocycles. The highest BCUT2D eigenvalue weighted by Gasteiger charge is 2.70. The van der Waals surface area contributed by atoms with E-state index in [-0.39, 0.29) is 35.0 Å². The van der Waals surface area contributed by atoms with Crippen molar-refractivity contribution in [3.8, 4) is 11.6 Å². The van der Waals surface area contributed by atoms with Gasteiger partial charge in [0, 0.05) is 6.42 Å². The van der Waals surface area contributed by atoms with E-state index >= 15 is 0 Å². The summed E-state index contributed by atoms with van der Waals surface area (Å²) >= 11 is 0. The number of Topliss-reactive ketones (excluding diaryl/α,β-unsaturated/α-hetero) is 1. The standard InChI is InChI=1S/C28H35NO7/c1-15-12-27(16(2)10-18-13-26(18,3)4)22(31)9-6-17(14-30)23(32)28(27,33)24(15)35-25-20-11-19(34-5)7-8-21(20)36-29-25/h6-8,11-12,16,18,23-24,30,32-33H,9-10,13-14H2,1-5H3/t16-,18-,23-,24+,27+,28+/m1/s1. The molecule has 0 spiro atoms. The van der Waals surface area contributed by atoms with E-state index in [0.29, 0.717) is 28.2 Å². The Kier molecular flexibility index (Phi) is 5.85. The molecule has 8 heteroatoms. The molecule has 6 atom stereocenters. The van der Waals surface area contributed by atoms with Crippen LogP contribution in [0.5, 0.6) is 11.6 Å². The van der Waals surface area contributed by atoms with Crippen molar-refractivity contribution in [1.82, 2.24) is 5.16 Å². The highest BCUT2D eigenvalue weighted by Crippen LogP contribution is 2.61. The molecule has 0 amide bonds. The maximum absolute atomic E-state index is 13.9. The molecule has 3 aliphatic rings. The summed E-state index contributed by atoms with van der Waals surface area (Å²) in [6, 6.07) is 5.17. The zero-order valence-corrected chi connectivity index (χ0v) is 21.4. The highest BCUT2D eigenvalue weighted by molar-refractivity contribution is 5.92. The first-order chi connectivity index (χ1) is 17.0. The molecule has 0 saturated heterocycles. The molecular weight excluding hydrogens is 462 g/mol. The molecule has 0 aliphatic heterocycles. The quantitative estimate of drug-likeness (QED) is 0.496. The average molecular weight is 498 g/mol. The molecule has 1 fully saturated rings. The van der Waals surface area contributed by atoms with E-state index in [0.717, 1.165) is 12.8 Å². The van der Waals surface area contributed by atoms with Crippen molar-refractivity contribution >= 4 is 16.8 Å². The van der Waals surface area contributed by atoms with E-state index < -0.39 is 29.8 Å². The first kappa shape index (κ1) is 25.0. The Morgan fingerprint density at radius 3 is 2.67 bits per heavy atom. The van der Waals surface area contributed by atoms with Crippen LogP contribution in [0.25, 0.3) is 11.0 Å². The summed E-state index contributed by atoms with van der Waals surface area (Å²) in [5.41, 5.74) is -1.97. The summed E-state index contributed by atoms with van der Waals surface area (Å²) in [6.07, 6.45) is 2.50. The molecule has 1 saturated carbocycles. The van der Waals surface area contributed by atoms with Gasteiger partial charge >= 0.3 is 0 Å². The molecule has 3 aliphatic carbocycles. The molecule has 194 valence electrons. The SMILES string of the molecule is COc1ccc2onc(O[C@H]3C(C)=C[C@]4([C@H](C)C[C@@H]5CC5(C)C)C(=O)CC=C(CO)[C@@H](O)[C@]34O)c2c1. The number of methoxy groups -OCH3 is 1. The van der Waals surface area contributed by atoms with Crippen LogP contribution in [-0.4, -0.2) is 57.8 Å². The Hall–Kier alpha value is -2.68. The number of aliphatic hydroxyl groups is 3. The fourth-order valence-corrected chi connectivity index (χ4v) is 6.53. The van der Waals surface area contributed by atoms with Crippen LogP contribution in [-0.2, 0) is 4.79 Å². The number of hydrogen-bond donors (Lipinski definition) is 3. The first-order valence-electron chi connectivity index (χ1n) is 12.5. The molecule has 8 nitrogen and oxygen atoms in total. The Bertz CT molecular complexity index is 1260. The zero-order valence-electron chi connectivity index (χ0n) is 21.4. The van der Waals surface area contributed by atoms with Gasteiger partial charge in [-0.3, -0.25) is 4.79 Å². The summed E-state index contributed by atoms with van der Waals surface area (Å²) in [5, 5.41) is 38.7. The number of aliphatic hydroxyl groups excluding tert-OH is 2. The number of hydrogen-bond acceptors (Lipinski definition) is 8. The average Bonchev–Trinajstić information content (AvgIpc) is 3.18. The highest BCUT2D eigenvalue weighted by atomic mass is 16.6. The number of rotatable bonds is 7. The predicted octanol–water partition coefficient (Wildman–Crippen LogP) is 3.59. The Morgan fingerprint density at radius 2 is 2.03 bits per heavy atom. The van der Waals surface area contributed by atoms with E-state index in [9.17, 15) is 20.1 Å². The van der Waals surface area contributed by atoms with Crippen LogP contribution in [0.1, 0.15) is 47.0 Å². The number of allylic oxidation sites excluding steroid dienone is 1. The fraction of sp³-hybridized carbons (Fsp3) is 0.571. The number of ketones is 1. The van der Waals surface area contributed by atoms with Gasteiger partial charge in [-0.2, -0.15) is 0 Å². The van der Waals surface area contributed by atoms with E-state index in [1.807, 2.05) is 6.92 Å². The van der Waals surface area contributed by atoms with Gasteiger partial charge in [0.2, 0.25) is 0 Å².